The third-order valence-corrected chi connectivity index (χ3v) is 4.22. The third-order valence-electron chi connectivity index (χ3n) is 4.22. The maximum absolute atomic E-state index is 13.1. The summed E-state index contributed by atoms with van der Waals surface area (Å²) in [4.78, 5) is 20.6. The first-order valence-corrected chi connectivity index (χ1v) is 8.81. The van der Waals surface area contributed by atoms with Gasteiger partial charge in [0.25, 0.3) is 5.91 Å². The SMILES string of the molecule is CCC(C)NC(=O)c1ccc(Nc2cc(-c3ccc(F)cc3)ncn2)cc1. The normalized spacial score (nSPS) is 11.7. The van der Waals surface area contributed by atoms with Gasteiger partial charge in [-0.3, -0.25) is 4.79 Å². The van der Waals surface area contributed by atoms with Crippen molar-refractivity contribution in [2.24, 2.45) is 0 Å². The third kappa shape index (κ3) is 4.88. The summed E-state index contributed by atoms with van der Waals surface area (Å²) in [7, 11) is 0. The van der Waals surface area contributed by atoms with E-state index in [2.05, 4.69) is 20.6 Å². The van der Waals surface area contributed by atoms with Gasteiger partial charge in [0.15, 0.2) is 0 Å². The maximum Gasteiger partial charge on any atom is 0.251 e. The summed E-state index contributed by atoms with van der Waals surface area (Å²) in [5.74, 6) is 0.237. The number of benzene rings is 2. The molecule has 0 saturated heterocycles. The molecule has 0 radical (unpaired) electrons. The smallest absolute Gasteiger partial charge is 0.251 e. The molecule has 0 fully saturated rings. The Balaban J connectivity index is 1.71. The second-order valence-electron chi connectivity index (χ2n) is 6.28. The number of carbonyl (C=O) groups excluding carboxylic acids is 1. The summed E-state index contributed by atoms with van der Waals surface area (Å²) in [5, 5.41) is 6.12. The van der Waals surface area contributed by atoms with E-state index in [1.165, 1.54) is 18.5 Å². The van der Waals surface area contributed by atoms with Crippen molar-refractivity contribution in [3.63, 3.8) is 0 Å². The molecule has 5 nitrogen and oxygen atoms in total. The molecule has 3 rings (SSSR count). The van der Waals surface area contributed by atoms with Crippen molar-refractivity contribution in [3.05, 3.63) is 72.3 Å². The van der Waals surface area contributed by atoms with Gasteiger partial charge in [0.2, 0.25) is 0 Å². The van der Waals surface area contributed by atoms with Crippen LogP contribution < -0.4 is 10.6 Å². The molecule has 1 aromatic heterocycles. The molecule has 1 heterocycles. The molecular weight excluding hydrogens is 343 g/mol. The van der Waals surface area contributed by atoms with Gasteiger partial charge in [0, 0.05) is 28.9 Å². The first-order valence-electron chi connectivity index (χ1n) is 8.81. The molecule has 0 spiro atoms. The number of anilines is 2. The lowest BCUT2D eigenvalue weighted by Gasteiger charge is -2.12. The number of nitrogens with one attached hydrogen (secondary N) is 2. The molecular formula is C21H21FN4O. The van der Waals surface area contributed by atoms with Gasteiger partial charge >= 0.3 is 0 Å². The molecule has 6 heteroatoms. The number of amides is 1. The van der Waals surface area contributed by atoms with Crippen molar-refractivity contribution < 1.29 is 9.18 Å². The summed E-state index contributed by atoms with van der Waals surface area (Å²) in [5.41, 5.74) is 2.91. The maximum atomic E-state index is 13.1. The van der Waals surface area contributed by atoms with Crippen LogP contribution in [0.25, 0.3) is 11.3 Å². The zero-order chi connectivity index (χ0) is 19.2. The van der Waals surface area contributed by atoms with Crippen molar-refractivity contribution in [2.75, 3.05) is 5.32 Å². The number of aromatic nitrogens is 2. The minimum atomic E-state index is -0.288. The highest BCUT2D eigenvalue weighted by atomic mass is 19.1. The number of hydrogen-bond donors (Lipinski definition) is 2. The number of rotatable bonds is 6. The topological polar surface area (TPSA) is 66.9 Å². The first kappa shape index (κ1) is 18.5. The van der Waals surface area contributed by atoms with Gasteiger partial charge in [-0.2, -0.15) is 0 Å². The van der Waals surface area contributed by atoms with Crippen molar-refractivity contribution in [3.8, 4) is 11.3 Å². The van der Waals surface area contributed by atoms with Gasteiger partial charge < -0.3 is 10.6 Å². The van der Waals surface area contributed by atoms with Gasteiger partial charge in [-0.1, -0.05) is 6.92 Å². The zero-order valence-corrected chi connectivity index (χ0v) is 15.2. The highest BCUT2D eigenvalue weighted by molar-refractivity contribution is 5.94. The molecule has 0 bridgehead atoms. The van der Waals surface area contributed by atoms with E-state index in [0.717, 1.165) is 17.7 Å². The zero-order valence-electron chi connectivity index (χ0n) is 15.2. The fourth-order valence-electron chi connectivity index (χ4n) is 2.47. The summed E-state index contributed by atoms with van der Waals surface area (Å²) >= 11 is 0. The van der Waals surface area contributed by atoms with Crippen molar-refractivity contribution in [1.82, 2.24) is 15.3 Å². The first-order chi connectivity index (χ1) is 13.0. The molecule has 0 aliphatic rings. The van der Waals surface area contributed by atoms with Crippen LogP contribution in [0.2, 0.25) is 0 Å². The summed E-state index contributed by atoms with van der Waals surface area (Å²) in [6, 6.07) is 15.2. The van der Waals surface area contributed by atoms with Crippen LogP contribution in [0.15, 0.2) is 60.9 Å². The summed E-state index contributed by atoms with van der Waals surface area (Å²) in [6.45, 7) is 4.00. The molecule has 0 aliphatic carbocycles. The quantitative estimate of drug-likeness (QED) is 0.673. The van der Waals surface area contributed by atoms with Gasteiger partial charge in [0.1, 0.15) is 18.0 Å². The van der Waals surface area contributed by atoms with E-state index in [0.29, 0.717) is 17.1 Å². The van der Waals surface area contributed by atoms with Crippen LogP contribution in [0.5, 0.6) is 0 Å². The lowest BCUT2D eigenvalue weighted by atomic mass is 10.1. The average molecular weight is 364 g/mol. The molecule has 27 heavy (non-hydrogen) atoms. The van der Waals surface area contributed by atoms with Gasteiger partial charge in [-0.05, 0) is 61.9 Å². The van der Waals surface area contributed by atoms with E-state index in [1.807, 2.05) is 26.0 Å². The minimum absolute atomic E-state index is 0.0865. The van der Waals surface area contributed by atoms with Crippen molar-refractivity contribution >= 4 is 17.4 Å². The highest BCUT2D eigenvalue weighted by Crippen LogP contribution is 2.21. The van der Waals surface area contributed by atoms with Crippen molar-refractivity contribution in [2.45, 2.75) is 26.3 Å². The van der Waals surface area contributed by atoms with E-state index in [9.17, 15) is 9.18 Å². The standard InChI is InChI=1S/C21H21FN4O/c1-3-14(2)25-21(27)16-6-10-18(11-7-16)26-20-12-19(23-13-24-20)15-4-8-17(22)9-5-15/h4-14H,3H2,1-2H3,(H,25,27)(H,23,24,26). The molecule has 1 amide bonds. The van der Waals surface area contributed by atoms with E-state index in [-0.39, 0.29) is 17.8 Å². The van der Waals surface area contributed by atoms with Crippen LogP contribution in [-0.2, 0) is 0 Å². The fraction of sp³-hybridized carbons (Fsp3) is 0.190. The summed E-state index contributed by atoms with van der Waals surface area (Å²) in [6.07, 6.45) is 2.34. The Kier molecular flexibility index (Phi) is 5.76. The van der Waals surface area contributed by atoms with E-state index < -0.39 is 0 Å². The van der Waals surface area contributed by atoms with Crippen LogP contribution in [0.1, 0.15) is 30.6 Å². The Morgan fingerprint density at radius 3 is 2.44 bits per heavy atom. The highest BCUT2D eigenvalue weighted by Gasteiger charge is 2.08. The van der Waals surface area contributed by atoms with Crippen LogP contribution in [0, 0.1) is 5.82 Å². The Morgan fingerprint density at radius 1 is 1.07 bits per heavy atom. The second kappa shape index (κ2) is 8.40. The molecule has 2 N–H and O–H groups in total. The molecule has 0 saturated carbocycles. The van der Waals surface area contributed by atoms with E-state index in [4.69, 9.17) is 0 Å². The molecule has 2 aromatic carbocycles. The molecule has 1 atom stereocenters. The predicted molar refractivity (Wildman–Crippen MR) is 104 cm³/mol. The Morgan fingerprint density at radius 2 is 1.78 bits per heavy atom. The monoisotopic (exact) mass is 364 g/mol. The van der Waals surface area contributed by atoms with E-state index in [1.54, 1.807) is 30.3 Å². The number of hydrogen-bond acceptors (Lipinski definition) is 4. The van der Waals surface area contributed by atoms with Gasteiger partial charge in [0.05, 0.1) is 5.69 Å². The minimum Gasteiger partial charge on any atom is -0.350 e. The molecule has 138 valence electrons. The molecule has 1 unspecified atom stereocenters. The lowest BCUT2D eigenvalue weighted by molar-refractivity contribution is 0.0939. The van der Waals surface area contributed by atoms with E-state index >= 15 is 0 Å². The Hall–Kier alpha value is -3.28. The van der Waals surface area contributed by atoms with Crippen LogP contribution in [0.3, 0.4) is 0 Å². The fourth-order valence-corrected chi connectivity index (χ4v) is 2.47. The number of nitrogens with zero attached hydrogens (tertiary/aromatic N) is 2. The number of halogens is 1. The van der Waals surface area contributed by atoms with Crippen LogP contribution in [-0.4, -0.2) is 21.9 Å². The lowest BCUT2D eigenvalue weighted by Crippen LogP contribution is -2.31. The van der Waals surface area contributed by atoms with Crippen LogP contribution in [0.4, 0.5) is 15.9 Å². The second-order valence-corrected chi connectivity index (χ2v) is 6.28. The predicted octanol–water partition coefficient (Wildman–Crippen LogP) is 4.55. The molecule has 3 aromatic rings. The van der Waals surface area contributed by atoms with Crippen molar-refractivity contribution in [1.29, 1.82) is 0 Å². The van der Waals surface area contributed by atoms with Gasteiger partial charge in [-0.15, -0.1) is 0 Å². The van der Waals surface area contributed by atoms with Crippen LogP contribution >= 0.6 is 0 Å². The van der Waals surface area contributed by atoms with Gasteiger partial charge in [-0.25, -0.2) is 14.4 Å². The molecule has 0 aliphatic heterocycles. The Bertz CT molecular complexity index is 910. The number of carbonyl (C=O) groups is 1. The Labute approximate surface area is 157 Å². The average Bonchev–Trinajstić information content (AvgIpc) is 2.69. The largest absolute Gasteiger partial charge is 0.350 e. The summed E-state index contributed by atoms with van der Waals surface area (Å²) < 4.78 is 13.1.